The molecule has 1 aromatic carbocycles. The topological polar surface area (TPSA) is 52.3 Å². The van der Waals surface area contributed by atoms with Crippen LogP contribution in [0, 0.1) is 5.92 Å². The lowest BCUT2D eigenvalue weighted by Crippen LogP contribution is -2.37. The predicted octanol–water partition coefficient (Wildman–Crippen LogP) is 1.67. The lowest BCUT2D eigenvalue weighted by Gasteiger charge is -2.16. The zero-order valence-corrected chi connectivity index (χ0v) is 9.83. The van der Waals surface area contributed by atoms with Crippen molar-refractivity contribution in [1.82, 2.24) is 0 Å². The van der Waals surface area contributed by atoms with E-state index >= 15 is 0 Å². The third-order valence-electron chi connectivity index (χ3n) is 2.99. The summed E-state index contributed by atoms with van der Waals surface area (Å²) >= 11 is 5.89. The van der Waals surface area contributed by atoms with E-state index < -0.39 is 0 Å². The van der Waals surface area contributed by atoms with Gasteiger partial charge in [0.1, 0.15) is 0 Å². The van der Waals surface area contributed by atoms with Crippen molar-refractivity contribution < 1.29 is 9.53 Å². The smallest absolute Gasteiger partial charge is 0.168 e. The number of ether oxygens (including phenoxy) is 1. The van der Waals surface area contributed by atoms with Gasteiger partial charge in [-0.05, 0) is 30.2 Å². The van der Waals surface area contributed by atoms with Crippen LogP contribution in [-0.4, -0.2) is 25.5 Å². The van der Waals surface area contributed by atoms with E-state index in [4.69, 9.17) is 22.1 Å². The molecule has 0 bridgehead atoms. The van der Waals surface area contributed by atoms with Crippen molar-refractivity contribution in [3.8, 4) is 0 Å². The molecule has 16 heavy (non-hydrogen) atoms. The Morgan fingerprint density at radius 3 is 3.06 bits per heavy atom. The number of benzene rings is 1. The molecular formula is C12H14ClNO2. The number of Topliss-reactive ketones (excluding diaryl/α,β-unsaturated/α-hetero) is 1. The molecule has 2 N–H and O–H groups in total. The highest BCUT2D eigenvalue weighted by Gasteiger charge is 2.34. The minimum Gasteiger partial charge on any atom is -0.383 e. The van der Waals surface area contributed by atoms with Crippen LogP contribution in [0.1, 0.15) is 15.9 Å². The second-order valence-corrected chi connectivity index (χ2v) is 4.53. The molecular weight excluding hydrogens is 226 g/mol. The molecule has 1 aromatic rings. The molecule has 0 amide bonds. The van der Waals surface area contributed by atoms with Gasteiger partial charge in [0.15, 0.2) is 5.78 Å². The molecule has 1 aliphatic carbocycles. The molecule has 3 nitrogen and oxygen atoms in total. The molecule has 2 atom stereocenters. The summed E-state index contributed by atoms with van der Waals surface area (Å²) in [5, 5.41) is 0.660. The van der Waals surface area contributed by atoms with Gasteiger partial charge in [-0.3, -0.25) is 4.79 Å². The first-order valence-corrected chi connectivity index (χ1v) is 5.58. The standard InChI is InChI=1S/C12H14ClNO2/c1-16-6-11(14)10-5-7-4-8(13)2-3-9(7)12(10)15/h2-4,10-11H,5-6,14H2,1H3. The Bertz CT molecular complexity index is 419. The zero-order valence-electron chi connectivity index (χ0n) is 9.07. The van der Waals surface area contributed by atoms with Gasteiger partial charge in [0.05, 0.1) is 6.61 Å². The number of hydrogen-bond donors (Lipinski definition) is 1. The summed E-state index contributed by atoms with van der Waals surface area (Å²) in [6.45, 7) is 0.401. The Balaban J connectivity index is 2.23. The molecule has 1 aliphatic rings. The van der Waals surface area contributed by atoms with Gasteiger partial charge in [-0.1, -0.05) is 11.6 Å². The summed E-state index contributed by atoms with van der Waals surface area (Å²) < 4.78 is 4.98. The normalized spacial score (nSPS) is 20.9. The van der Waals surface area contributed by atoms with Gasteiger partial charge in [-0.2, -0.15) is 0 Å². The van der Waals surface area contributed by atoms with Crippen LogP contribution in [0.25, 0.3) is 0 Å². The van der Waals surface area contributed by atoms with Crippen molar-refractivity contribution >= 4 is 17.4 Å². The highest BCUT2D eigenvalue weighted by molar-refractivity contribution is 6.30. The number of carbonyl (C=O) groups is 1. The van der Waals surface area contributed by atoms with E-state index in [0.717, 1.165) is 11.1 Å². The summed E-state index contributed by atoms with van der Waals surface area (Å²) in [6, 6.07) is 5.11. The number of rotatable bonds is 3. The van der Waals surface area contributed by atoms with Gasteiger partial charge in [-0.25, -0.2) is 0 Å². The summed E-state index contributed by atoms with van der Waals surface area (Å²) in [5.74, 6) is -0.0652. The predicted molar refractivity (Wildman–Crippen MR) is 62.8 cm³/mol. The molecule has 0 saturated heterocycles. The average Bonchev–Trinajstić information content (AvgIpc) is 2.56. The number of nitrogens with two attached hydrogens (primary N) is 1. The molecule has 4 heteroatoms. The molecule has 0 fully saturated rings. The van der Waals surface area contributed by atoms with E-state index in [9.17, 15) is 4.79 Å². The number of methoxy groups -OCH3 is 1. The molecule has 0 aliphatic heterocycles. The first kappa shape index (κ1) is 11.6. The first-order chi connectivity index (χ1) is 7.63. The summed E-state index contributed by atoms with van der Waals surface area (Å²) in [6.07, 6.45) is 0.666. The average molecular weight is 240 g/mol. The fourth-order valence-corrected chi connectivity index (χ4v) is 2.35. The summed E-state index contributed by atoms with van der Waals surface area (Å²) in [7, 11) is 1.59. The van der Waals surface area contributed by atoms with Crippen LogP contribution in [0.4, 0.5) is 0 Å². The van der Waals surface area contributed by atoms with Gasteiger partial charge < -0.3 is 10.5 Å². The molecule has 2 unspecified atom stereocenters. The quantitative estimate of drug-likeness (QED) is 0.873. The third kappa shape index (κ3) is 1.98. The monoisotopic (exact) mass is 239 g/mol. The second-order valence-electron chi connectivity index (χ2n) is 4.10. The zero-order chi connectivity index (χ0) is 11.7. The molecule has 86 valence electrons. The SMILES string of the molecule is COCC(N)C1Cc2cc(Cl)ccc2C1=O. The van der Waals surface area contributed by atoms with Crippen LogP contribution in [0.15, 0.2) is 18.2 Å². The van der Waals surface area contributed by atoms with Gasteiger partial charge in [0.25, 0.3) is 0 Å². The van der Waals surface area contributed by atoms with Gasteiger partial charge in [0.2, 0.25) is 0 Å². The van der Waals surface area contributed by atoms with Crippen LogP contribution in [0.3, 0.4) is 0 Å². The van der Waals surface area contributed by atoms with Crippen LogP contribution < -0.4 is 5.73 Å². The molecule has 0 saturated carbocycles. The molecule has 0 aromatic heterocycles. The Labute approximate surface area is 99.5 Å². The minimum absolute atomic E-state index is 0.108. The van der Waals surface area contributed by atoms with E-state index in [1.165, 1.54) is 0 Å². The number of fused-ring (bicyclic) bond motifs is 1. The highest BCUT2D eigenvalue weighted by atomic mass is 35.5. The lowest BCUT2D eigenvalue weighted by molar-refractivity contribution is 0.0871. The van der Waals surface area contributed by atoms with Crippen molar-refractivity contribution in [3.05, 3.63) is 34.3 Å². The van der Waals surface area contributed by atoms with Crippen molar-refractivity contribution in [1.29, 1.82) is 0 Å². The first-order valence-electron chi connectivity index (χ1n) is 5.20. The Morgan fingerprint density at radius 2 is 2.38 bits per heavy atom. The van der Waals surface area contributed by atoms with E-state index in [1.54, 1.807) is 19.2 Å². The molecule has 0 radical (unpaired) electrons. The van der Waals surface area contributed by atoms with E-state index in [-0.39, 0.29) is 17.7 Å². The second kappa shape index (κ2) is 4.53. The lowest BCUT2D eigenvalue weighted by atomic mass is 9.97. The largest absolute Gasteiger partial charge is 0.383 e. The van der Waals surface area contributed by atoms with Crippen LogP contribution in [0.2, 0.25) is 5.02 Å². The molecule has 2 rings (SSSR count). The van der Waals surface area contributed by atoms with Crippen LogP contribution in [-0.2, 0) is 11.2 Å². The van der Waals surface area contributed by atoms with E-state index in [0.29, 0.717) is 18.1 Å². The maximum absolute atomic E-state index is 12.0. The van der Waals surface area contributed by atoms with Crippen LogP contribution in [0.5, 0.6) is 0 Å². The van der Waals surface area contributed by atoms with Crippen LogP contribution >= 0.6 is 11.6 Å². The maximum Gasteiger partial charge on any atom is 0.168 e. The van der Waals surface area contributed by atoms with Gasteiger partial charge in [-0.15, -0.1) is 0 Å². The van der Waals surface area contributed by atoms with Crippen molar-refractivity contribution in [2.24, 2.45) is 11.7 Å². The van der Waals surface area contributed by atoms with Gasteiger partial charge >= 0.3 is 0 Å². The summed E-state index contributed by atoms with van der Waals surface area (Å²) in [5.41, 5.74) is 7.66. The fourth-order valence-electron chi connectivity index (χ4n) is 2.16. The summed E-state index contributed by atoms with van der Waals surface area (Å²) in [4.78, 5) is 12.0. The van der Waals surface area contributed by atoms with E-state index in [2.05, 4.69) is 0 Å². The van der Waals surface area contributed by atoms with E-state index in [1.807, 2.05) is 6.07 Å². The van der Waals surface area contributed by atoms with Crippen molar-refractivity contribution in [2.75, 3.05) is 13.7 Å². The Kier molecular flexibility index (Phi) is 3.28. The number of ketones is 1. The Morgan fingerprint density at radius 1 is 1.62 bits per heavy atom. The third-order valence-corrected chi connectivity index (χ3v) is 3.22. The Hall–Kier alpha value is -0.900. The van der Waals surface area contributed by atoms with Gasteiger partial charge in [0, 0.05) is 29.7 Å². The number of carbonyl (C=O) groups excluding carboxylic acids is 1. The molecule has 0 spiro atoms. The van der Waals surface area contributed by atoms with Crippen molar-refractivity contribution in [3.63, 3.8) is 0 Å². The molecule has 0 heterocycles. The number of hydrogen-bond acceptors (Lipinski definition) is 3. The highest BCUT2D eigenvalue weighted by Crippen LogP contribution is 2.30. The number of halogens is 1. The fraction of sp³-hybridized carbons (Fsp3) is 0.417. The minimum atomic E-state index is -0.247. The van der Waals surface area contributed by atoms with Crippen molar-refractivity contribution in [2.45, 2.75) is 12.5 Å². The maximum atomic E-state index is 12.0.